The number of ether oxygens (including phenoxy) is 1. The number of carbonyl (C=O) groups excluding carboxylic acids is 1. The summed E-state index contributed by atoms with van der Waals surface area (Å²) in [5, 5.41) is 10.3. The highest BCUT2D eigenvalue weighted by Gasteiger charge is 2.26. The first-order chi connectivity index (χ1) is 17.4. The van der Waals surface area contributed by atoms with E-state index in [9.17, 15) is 18.5 Å². The summed E-state index contributed by atoms with van der Waals surface area (Å²) >= 11 is 0. The van der Waals surface area contributed by atoms with Gasteiger partial charge in [0.1, 0.15) is 5.75 Å². The molecular formula is C26H31N5O4S. The van der Waals surface area contributed by atoms with Crippen LogP contribution in [-0.4, -0.2) is 75.5 Å². The average Bonchev–Trinajstić information content (AvgIpc) is 3.31. The number of aryl methyl sites for hydroxylation is 1. The Morgan fingerprint density at radius 1 is 1.17 bits per heavy atom. The molecule has 0 spiro atoms. The quantitative estimate of drug-likeness (QED) is 0.458. The summed E-state index contributed by atoms with van der Waals surface area (Å²) < 4.78 is 32.4. The van der Waals surface area contributed by atoms with E-state index in [1.165, 1.54) is 24.7 Å². The van der Waals surface area contributed by atoms with Crippen LogP contribution in [0.15, 0.2) is 47.5 Å². The van der Waals surface area contributed by atoms with Crippen molar-refractivity contribution < 1.29 is 17.9 Å². The number of amides is 1. The molecule has 0 bridgehead atoms. The zero-order valence-electron chi connectivity index (χ0n) is 20.6. The van der Waals surface area contributed by atoms with Crippen LogP contribution in [0.2, 0.25) is 0 Å². The highest BCUT2D eigenvalue weighted by Crippen LogP contribution is 2.25. The van der Waals surface area contributed by atoms with Crippen LogP contribution < -0.4 is 9.46 Å². The number of hydrogen-bond acceptors (Lipinski definition) is 6. The lowest BCUT2D eigenvalue weighted by Gasteiger charge is -2.35. The highest BCUT2D eigenvalue weighted by molar-refractivity contribution is 7.89. The summed E-state index contributed by atoms with van der Waals surface area (Å²) in [6.07, 6.45) is 3.88. The van der Waals surface area contributed by atoms with E-state index in [1.54, 1.807) is 11.0 Å². The molecule has 1 amide bonds. The standard InChI is InChI=1S/C26H31N5O4S/c1-3-35-25-9-7-21(36(33,34)28-2)16-23(25)26(32)31-13-11-30(12-14-31)10-4-5-20-18-29-24-8-6-19(17-27)15-22(20)24/h6-9,15-16,18,28-29H,3-5,10-14H2,1-2H3. The molecule has 0 saturated carbocycles. The van der Waals surface area contributed by atoms with E-state index in [2.05, 4.69) is 20.7 Å². The van der Waals surface area contributed by atoms with Crippen molar-refractivity contribution in [2.75, 3.05) is 46.4 Å². The number of piperazine rings is 1. The Kier molecular flexibility index (Phi) is 7.94. The summed E-state index contributed by atoms with van der Waals surface area (Å²) in [6, 6.07) is 12.3. The van der Waals surface area contributed by atoms with Crippen molar-refractivity contribution in [3.05, 3.63) is 59.3 Å². The van der Waals surface area contributed by atoms with Gasteiger partial charge < -0.3 is 14.6 Å². The monoisotopic (exact) mass is 509 g/mol. The molecule has 2 aromatic carbocycles. The number of sulfonamides is 1. The largest absolute Gasteiger partial charge is 0.493 e. The Morgan fingerprint density at radius 3 is 2.64 bits per heavy atom. The maximum Gasteiger partial charge on any atom is 0.257 e. The molecule has 4 rings (SSSR count). The molecule has 0 atom stereocenters. The van der Waals surface area contributed by atoms with Crippen LogP contribution in [0.3, 0.4) is 0 Å². The molecule has 36 heavy (non-hydrogen) atoms. The number of hydrogen-bond donors (Lipinski definition) is 2. The smallest absolute Gasteiger partial charge is 0.257 e. The zero-order chi connectivity index (χ0) is 25.7. The number of aromatic amines is 1. The Morgan fingerprint density at radius 2 is 1.94 bits per heavy atom. The minimum absolute atomic E-state index is 0.0367. The minimum atomic E-state index is -3.67. The van der Waals surface area contributed by atoms with Crippen LogP contribution in [0.4, 0.5) is 0 Å². The molecule has 1 saturated heterocycles. The van der Waals surface area contributed by atoms with Crippen LogP contribution in [-0.2, 0) is 16.4 Å². The lowest BCUT2D eigenvalue weighted by molar-refractivity contribution is 0.0632. The van der Waals surface area contributed by atoms with Crippen molar-refractivity contribution in [3.8, 4) is 11.8 Å². The van der Waals surface area contributed by atoms with Crippen LogP contribution in [0.1, 0.15) is 34.8 Å². The fourth-order valence-electron chi connectivity index (χ4n) is 4.54. The lowest BCUT2D eigenvalue weighted by Crippen LogP contribution is -2.49. The highest BCUT2D eigenvalue weighted by atomic mass is 32.2. The maximum absolute atomic E-state index is 13.3. The first-order valence-corrected chi connectivity index (χ1v) is 13.6. The van der Waals surface area contributed by atoms with E-state index in [4.69, 9.17) is 4.74 Å². The van der Waals surface area contributed by atoms with E-state index < -0.39 is 10.0 Å². The molecule has 1 aromatic heterocycles. The number of nitrogens with zero attached hydrogens (tertiary/aromatic N) is 3. The Bertz CT molecular complexity index is 1390. The van der Waals surface area contributed by atoms with Crippen LogP contribution in [0, 0.1) is 11.3 Å². The Labute approximate surface area is 211 Å². The number of aromatic nitrogens is 1. The summed E-state index contributed by atoms with van der Waals surface area (Å²) in [4.78, 5) is 20.7. The fraction of sp³-hybridized carbons (Fsp3) is 0.385. The third-order valence-corrected chi connectivity index (χ3v) is 7.95. The predicted octanol–water partition coefficient (Wildman–Crippen LogP) is 2.74. The first-order valence-electron chi connectivity index (χ1n) is 12.1. The number of carbonyl (C=O) groups is 1. The molecule has 0 radical (unpaired) electrons. The summed E-state index contributed by atoms with van der Waals surface area (Å²) in [7, 11) is -2.33. The number of benzene rings is 2. The summed E-state index contributed by atoms with van der Waals surface area (Å²) in [5.74, 6) is 0.164. The average molecular weight is 510 g/mol. The molecule has 10 heteroatoms. The van der Waals surface area contributed by atoms with Gasteiger partial charge in [-0.25, -0.2) is 13.1 Å². The van der Waals surface area contributed by atoms with Crippen LogP contribution in [0.5, 0.6) is 5.75 Å². The van der Waals surface area contributed by atoms with Crippen molar-refractivity contribution in [3.63, 3.8) is 0 Å². The van der Waals surface area contributed by atoms with Gasteiger partial charge in [0, 0.05) is 43.3 Å². The number of nitrogens with one attached hydrogen (secondary N) is 2. The summed E-state index contributed by atoms with van der Waals surface area (Å²) in [5.41, 5.74) is 3.16. The van der Waals surface area contributed by atoms with Crippen LogP contribution in [0.25, 0.3) is 10.9 Å². The fourth-order valence-corrected chi connectivity index (χ4v) is 5.29. The molecule has 2 N–H and O–H groups in total. The molecule has 0 aliphatic carbocycles. The summed E-state index contributed by atoms with van der Waals surface area (Å²) in [6.45, 7) is 5.72. The van der Waals surface area contributed by atoms with Gasteiger partial charge in [-0.3, -0.25) is 9.69 Å². The molecule has 1 fully saturated rings. The van der Waals surface area contributed by atoms with Crippen molar-refractivity contribution in [1.82, 2.24) is 19.5 Å². The van der Waals surface area contributed by atoms with Gasteiger partial charge in [-0.1, -0.05) is 0 Å². The van der Waals surface area contributed by atoms with Crippen LogP contribution >= 0.6 is 0 Å². The van der Waals surface area contributed by atoms with Gasteiger partial charge in [0.2, 0.25) is 10.0 Å². The van der Waals surface area contributed by atoms with E-state index in [0.717, 1.165) is 43.4 Å². The number of H-pyrrole nitrogens is 1. The molecule has 190 valence electrons. The number of fused-ring (bicyclic) bond motifs is 1. The van der Waals surface area contributed by atoms with Gasteiger partial charge in [0.05, 0.1) is 28.7 Å². The predicted molar refractivity (Wildman–Crippen MR) is 138 cm³/mol. The topological polar surface area (TPSA) is 119 Å². The van der Waals surface area contributed by atoms with Crippen molar-refractivity contribution in [1.29, 1.82) is 5.26 Å². The third-order valence-electron chi connectivity index (χ3n) is 6.54. The van der Waals surface area contributed by atoms with E-state index in [1.807, 2.05) is 31.3 Å². The molecule has 2 heterocycles. The Balaban J connectivity index is 1.35. The SMILES string of the molecule is CCOc1ccc(S(=O)(=O)NC)cc1C(=O)N1CCN(CCCc2c[nH]c3ccc(C#N)cc23)CC1. The normalized spacial score (nSPS) is 14.6. The van der Waals surface area contributed by atoms with Gasteiger partial charge in [-0.05, 0) is 75.3 Å². The van der Waals surface area contributed by atoms with Crippen molar-refractivity contribution in [2.45, 2.75) is 24.7 Å². The molecule has 1 aliphatic rings. The minimum Gasteiger partial charge on any atom is -0.493 e. The molecule has 9 nitrogen and oxygen atoms in total. The number of nitriles is 1. The van der Waals surface area contributed by atoms with Gasteiger partial charge in [-0.15, -0.1) is 0 Å². The second-order valence-electron chi connectivity index (χ2n) is 8.72. The maximum atomic E-state index is 13.3. The zero-order valence-corrected chi connectivity index (χ0v) is 21.4. The van der Waals surface area contributed by atoms with Gasteiger partial charge in [0.15, 0.2) is 0 Å². The number of rotatable bonds is 9. The second-order valence-corrected chi connectivity index (χ2v) is 10.6. The second kappa shape index (κ2) is 11.1. The first kappa shape index (κ1) is 25.7. The molecule has 1 aliphatic heterocycles. The molecule has 3 aromatic rings. The van der Waals surface area contributed by atoms with Gasteiger partial charge in [0.25, 0.3) is 5.91 Å². The third kappa shape index (κ3) is 5.54. The lowest BCUT2D eigenvalue weighted by atomic mass is 10.1. The van der Waals surface area contributed by atoms with Gasteiger partial charge >= 0.3 is 0 Å². The van der Waals surface area contributed by atoms with Gasteiger partial charge in [-0.2, -0.15) is 5.26 Å². The Hall–Kier alpha value is -3.39. The van der Waals surface area contributed by atoms with E-state index >= 15 is 0 Å². The van der Waals surface area contributed by atoms with E-state index in [-0.39, 0.29) is 16.4 Å². The van der Waals surface area contributed by atoms with Crippen molar-refractivity contribution in [2.24, 2.45) is 0 Å². The van der Waals surface area contributed by atoms with Crippen molar-refractivity contribution >= 4 is 26.8 Å². The van der Waals surface area contributed by atoms with E-state index in [0.29, 0.717) is 31.0 Å². The molecular weight excluding hydrogens is 478 g/mol. The molecule has 0 unspecified atom stereocenters.